The Hall–Kier alpha value is -1.78. The van der Waals surface area contributed by atoms with Gasteiger partial charge in [-0.3, -0.25) is 9.59 Å². The Morgan fingerprint density at radius 3 is 2.78 bits per heavy atom. The molecule has 98 valence electrons. The maximum absolute atomic E-state index is 12.0. The van der Waals surface area contributed by atoms with E-state index in [0.717, 1.165) is 12.8 Å². The minimum absolute atomic E-state index is 0.228. The predicted octanol–water partition coefficient (Wildman–Crippen LogP) is 1.75. The highest BCUT2D eigenvalue weighted by Gasteiger charge is 2.22. The Morgan fingerprint density at radius 2 is 2.22 bits per heavy atom. The number of hydrogen-bond donors (Lipinski definition) is 2. The number of rotatable bonds is 5. The summed E-state index contributed by atoms with van der Waals surface area (Å²) in [5.41, 5.74) is 1.05. The van der Waals surface area contributed by atoms with Crippen LogP contribution in [0.4, 0.5) is 0 Å². The van der Waals surface area contributed by atoms with Crippen LogP contribution in [-0.4, -0.2) is 23.5 Å². The lowest BCUT2D eigenvalue weighted by Gasteiger charge is -2.25. The molecule has 1 aromatic heterocycles. The van der Waals surface area contributed by atoms with Crippen molar-refractivity contribution in [2.45, 2.75) is 32.6 Å². The quantitative estimate of drug-likeness (QED) is 0.835. The van der Waals surface area contributed by atoms with Crippen LogP contribution in [0, 0.1) is 12.8 Å². The number of aliphatic carboxylic acids is 1. The molecule has 1 heterocycles. The third-order valence-corrected chi connectivity index (χ3v) is 3.37. The standard InChI is InChI=1S/C13H17NO4/c1-8-7-18-10(5-11(15)16)12(8)13(17)14-6-9-3-2-4-9/h7,9H,2-6H2,1H3,(H,14,17)(H,15,16). The highest BCUT2D eigenvalue weighted by atomic mass is 16.4. The summed E-state index contributed by atoms with van der Waals surface area (Å²) in [4.78, 5) is 22.7. The zero-order valence-corrected chi connectivity index (χ0v) is 10.4. The molecule has 0 aliphatic heterocycles. The molecule has 1 aliphatic rings. The fourth-order valence-electron chi connectivity index (χ4n) is 2.09. The van der Waals surface area contributed by atoms with E-state index < -0.39 is 5.97 Å². The largest absolute Gasteiger partial charge is 0.481 e. The zero-order valence-electron chi connectivity index (χ0n) is 10.4. The van der Waals surface area contributed by atoms with E-state index in [1.807, 2.05) is 0 Å². The number of amides is 1. The highest BCUT2D eigenvalue weighted by molar-refractivity contribution is 5.97. The topological polar surface area (TPSA) is 79.5 Å². The second kappa shape index (κ2) is 5.25. The summed E-state index contributed by atoms with van der Waals surface area (Å²) in [7, 11) is 0. The van der Waals surface area contributed by atoms with Gasteiger partial charge in [0.25, 0.3) is 5.91 Å². The van der Waals surface area contributed by atoms with Gasteiger partial charge < -0.3 is 14.8 Å². The molecule has 1 saturated carbocycles. The monoisotopic (exact) mass is 251 g/mol. The first kappa shape index (κ1) is 12.7. The van der Waals surface area contributed by atoms with E-state index in [9.17, 15) is 9.59 Å². The van der Waals surface area contributed by atoms with Crippen molar-refractivity contribution in [3.8, 4) is 0 Å². The number of carboxylic acid groups (broad SMARTS) is 1. The molecule has 0 radical (unpaired) electrons. The molecule has 0 spiro atoms. The van der Waals surface area contributed by atoms with Crippen molar-refractivity contribution in [2.75, 3.05) is 6.54 Å². The van der Waals surface area contributed by atoms with Gasteiger partial charge in [-0.15, -0.1) is 0 Å². The van der Waals surface area contributed by atoms with E-state index >= 15 is 0 Å². The fourth-order valence-corrected chi connectivity index (χ4v) is 2.09. The zero-order chi connectivity index (χ0) is 13.1. The van der Waals surface area contributed by atoms with Gasteiger partial charge in [0.2, 0.25) is 0 Å². The molecule has 2 rings (SSSR count). The molecule has 1 amide bonds. The lowest BCUT2D eigenvalue weighted by molar-refractivity contribution is -0.136. The summed E-state index contributed by atoms with van der Waals surface area (Å²) in [6, 6.07) is 0. The summed E-state index contributed by atoms with van der Waals surface area (Å²) in [6.45, 7) is 2.41. The molecule has 0 atom stereocenters. The van der Waals surface area contributed by atoms with Crippen LogP contribution in [0.2, 0.25) is 0 Å². The molecule has 0 saturated heterocycles. The fraction of sp³-hybridized carbons (Fsp3) is 0.538. The Bertz CT molecular complexity index is 460. The van der Waals surface area contributed by atoms with Crippen molar-refractivity contribution < 1.29 is 19.1 Å². The van der Waals surface area contributed by atoms with Crippen LogP contribution < -0.4 is 5.32 Å². The Morgan fingerprint density at radius 1 is 1.50 bits per heavy atom. The lowest BCUT2D eigenvalue weighted by Crippen LogP contribution is -2.32. The van der Waals surface area contributed by atoms with E-state index in [2.05, 4.69) is 5.32 Å². The second-order valence-corrected chi connectivity index (χ2v) is 4.79. The molecule has 5 heteroatoms. The number of hydrogen-bond acceptors (Lipinski definition) is 3. The van der Waals surface area contributed by atoms with Crippen molar-refractivity contribution >= 4 is 11.9 Å². The van der Waals surface area contributed by atoms with Gasteiger partial charge >= 0.3 is 5.97 Å². The van der Waals surface area contributed by atoms with E-state index in [1.165, 1.54) is 12.7 Å². The number of nitrogens with one attached hydrogen (secondary N) is 1. The van der Waals surface area contributed by atoms with Crippen molar-refractivity contribution in [1.82, 2.24) is 5.32 Å². The van der Waals surface area contributed by atoms with E-state index in [1.54, 1.807) is 6.92 Å². The molecule has 5 nitrogen and oxygen atoms in total. The first-order chi connectivity index (χ1) is 8.58. The van der Waals surface area contributed by atoms with Crippen molar-refractivity contribution in [3.63, 3.8) is 0 Å². The maximum Gasteiger partial charge on any atom is 0.311 e. The number of aryl methyl sites for hydroxylation is 1. The van der Waals surface area contributed by atoms with Crippen molar-refractivity contribution in [1.29, 1.82) is 0 Å². The molecule has 2 N–H and O–H groups in total. The molecule has 0 bridgehead atoms. The summed E-state index contributed by atoms with van der Waals surface area (Å²) >= 11 is 0. The Kier molecular flexibility index (Phi) is 3.69. The highest BCUT2D eigenvalue weighted by Crippen LogP contribution is 2.25. The Labute approximate surface area is 105 Å². The molecule has 18 heavy (non-hydrogen) atoms. The van der Waals surface area contributed by atoms with Crippen LogP contribution in [0.25, 0.3) is 0 Å². The van der Waals surface area contributed by atoms with Crippen LogP contribution in [-0.2, 0) is 11.2 Å². The molecule has 1 aromatic rings. The SMILES string of the molecule is Cc1coc(CC(=O)O)c1C(=O)NCC1CCC1. The van der Waals surface area contributed by atoms with E-state index in [0.29, 0.717) is 23.6 Å². The van der Waals surface area contributed by atoms with Gasteiger partial charge in [0.1, 0.15) is 12.2 Å². The summed E-state index contributed by atoms with van der Waals surface area (Å²) in [5.74, 6) is -0.433. The average Bonchev–Trinajstić information content (AvgIpc) is 2.56. The van der Waals surface area contributed by atoms with Crippen molar-refractivity contribution in [2.24, 2.45) is 5.92 Å². The number of furan rings is 1. The Balaban J connectivity index is 2.02. The van der Waals surface area contributed by atoms with Crippen LogP contribution in [0.5, 0.6) is 0 Å². The van der Waals surface area contributed by atoms with Gasteiger partial charge in [0, 0.05) is 12.1 Å². The minimum atomic E-state index is -1.00. The molecule has 1 aliphatic carbocycles. The van der Waals surface area contributed by atoms with E-state index in [4.69, 9.17) is 9.52 Å². The lowest BCUT2D eigenvalue weighted by atomic mass is 9.85. The normalized spacial score (nSPS) is 15.2. The third kappa shape index (κ3) is 2.72. The third-order valence-electron chi connectivity index (χ3n) is 3.37. The first-order valence-electron chi connectivity index (χ1n) is 6.15. The van der Waals surface area contributed by atoms with Crippen LogP contribution >= 0.6 is 0 Å². The molecule has 0 aromatic carbocycles. The van der Waals surface area contributed by atoms with Gasteiger partial charge in [-0.1, -0.05) is 6.42 Å². The number of carboxylic acids is 1. The molecule has 1 fully saturated rings. The molecular weight excluding hydrogens is 234 g/mol. The maximum atomic E-state index is 12.0. The summed E-state index contributed by atoms with van der Waals surface area (Å²) in [5, 5.41) is 11.6. The van der Waals surface area contributed by atoms with Crippen molar-refractivity contribution in [3.05, 3.63) is 23.2 Å². The summed E-state index contributed by atoms with van der Waals surface area (Å²) < 4.78 is 5.13. The smallest absolute Gasteiger partial charge is 0.311 e. The van der Waals surface area contributed by atoms with E-state index in [-0.39, 0.29) is 18.1 Å². The van der Waals surface area contributed by atoms with Gasteiger partial charge in [-0.25, -0.2) is 0 Å². The van der Waals surface area contributed by atoms with Gasteiger partial charge in [0.15, 0.2) is 0 Å². The van der Waals surface area contributed by atoms with Gasteiger partial charge in [-0.2, -0.15) is 0 Å². The molecular formula is C13H17NO4. The summed E-state index contributed by atoms with van der Waals surface area (Å²) in [6.07, 6.45) is 4.71. The number of carbonyl (C=O) groups excluding carboxylic acids is 1. The van der Waals surface area contributed by atoms with Crippen LogP contribution in [0.3, 0.4) is 0 Å². The van der Waals surface area contributed by atoms with Crippen LogP contribution in [0.15, 0.2) is 10.7 Å². The number of carbonyl (C=O) groups is 2. The van der Waals surface area contributed by atoms with Gasteiger partial charge in [-0.05, 0) is 25.7 Å². The van der Waals surface area contributed by atoms with Gasteiger partial charge in [0.05, 0.1) is 11.8 Å². The minimum Gasteiger partial charge on any atom is -0.481 e. The first-order valence-corrected chi connectivity index (χ1v) is 6.15. The average molecular weight is 251 g/mol. The second-order valence-electron chi connectivity index (χ2n) is 4.79. The molecule has 0 unspecified atom stereocenters. The predicted molar refractivity (Wildman–Crippen MR) is 64.5 cm³/mol. The van der Waals surface area contributed by atoms with Crippen LogP contribution in [0.1, 0.15) is 40.9 Å².